The summed E-state index contributed by atoms with van der Waals surface area (Å²) in [5, 5.41) is 12.9. The van der Waals surface area contributed by atoms with Gasteiger partial charge in [-0.15, -0.1) is 0 Å². The minimum Gasteiger partial charge on any atom is -0.393 e. The van der Waals surface area contributed by atoms with Crippen LogP contribution in [-0.4, -0.2) is 35.2 Å². The van der Waals surface area contributed by atoms with Crippen molar-refractivity contribution in [2.45, 2.75) is 65.4 Å². The molecule has 1 aliphatic heterocycles. The number of likely N-dealkylation sites (tertiary alicyclic amines) is 1. The number of piperidine rings is 1. The van der Waals surface area contributed by atoms with Crippen molar-refractivity contribution >= 4 is 11.7 Å². The van der Waals surface area contributed by atoms with Gasteiger partial charge in [0.15, 0.2) is 0 Å². The molecular formula is C20H32N2O2. The van der Waals surface area contributed by atoms with Crippen LogP contribution in [0, 0.1) is 5.92 Å². The van der Waals surface area contributed by atoms with Crippen molar-refractivity contribution in [3.63, 3.8) is 0 Å². The van der Waals surface area contributed by atoms with Crippen LogP contribution in [0.25, 0.3) is 0 Å². The van der Waals surface area contributed by atoms with Crippen LogP contribution in [0.15, 0.2) is 18.2 Å². The summed E-state index contributed by atoms with van der Waals surface area (Å²) in [6.07, 6.45) is 1.57. The van der Waals surface area contributed by atoms with Crippen LogP contribution >= 0.6 is 0 Å². The van der Waals surface area contributed by atoms with Gasteiger partial charge in [0.05, 0.1) is 6.10 Å². The fraction of sp³-hybridized carbons (Fsp3) is 0.650. The molecule has 134 valence electrons. The highest BCUT2D eigenvalue weighted by Crippen LogP contribution is 2.29. The van der Waals surface area contributed by atoms with Crippen LogP contribution in [0.4, 0.5) is 10.5 Å². The highest BCUT2D eigenvalue weighted by molar-refractivity contribution is 5.90. The molecule has 0 spiro atoms. The molecule has 1 aromatic rings. The third-order valence-electron chi connectivity index (χ3n) is 5.03. The Balaban J connectivity index is 2.13. The zero-order valence-electron chi connectivity index (χ0n) is 15.7. The first kappa shape index (κ1) is 18.8. The van der Waals surface area contributed by atoms with Crippen molar-refractivity contribution in [1.29, 1.82) is 0 Å². The summed E-state index contributed by atoms with van der Waals surface area (Å²) in [4.78, 5) is 14.5. The number of amides is 2. The van der Waals surface area contributed by atoms with E-state index in [1.54, 1.807) is 0 Å². The molecule has 0 bridgehead atoms. The average Bonchev–Trinajstić information content (AvgIpc) is 2.54. The Hall–Kier alpha value is -1.55. The van der Waals surface area contributed by atoms with Crippen molar-refractivity contribution < 1.29 is 9.90 Å². The fourth-order valence-electron chi connectivity index (χ4n) is 3.31. The zero-order valence-corrected chi connectivity index (χ0v) is 15.7. The van der Waals surface area contributed by atoms with Gasteiger partial charge >= 0.3 is 6.03 Å². The summed E-state index contributed by atoms with van der Waals surface area (Å²) in [5.74, 6) is 1.00. The number of hydrogen-bond donors (Lipinski definition) is 2. The second-order valence-corrected chi connectivity index (χ2v) is 7.68. The number of nitrogens with zero attached hydrogens (tertiary/aromatic N) is 1. The lowest BCUT2D eigenvalue weighted by Crippen LogP contribution is -2.44. The summed E-state index contributed by atoms with van der Waals surface area (Å²) in [6.45, 7) is 11.9. The summed E-state index contributed by atoms with van der Waals surface area (Å²) in [7, 11) is 0. The molecule has 0 saturated carbocycles. The Morgan fingerprint density at radius 2 is 1.92 bits per heavy atom. The van der Waals surface area contributed by atoms with Crippen molar-refractivity contribution in [2.75, 3.05) is 18.4 Å². The molecule has 0 unspecified atom stereocenters. The molecular weight excluding hydrogens is 300 g/mol. The van der Waals surface area contributed by atoms with E-state index in [0.29, 0.717) is 18.4 Å². The maximum atomic E-state index is 12.7. The number of rotatable bonds is 4. The number of hydrogen-bond acceptors (Lipinski definition) is 2. The van der Waals surface area contributed by atoms with E-state index in [4.69, 9.17) is 0 Å². The van der Waals surface area contributed by atoms with E-state index >= 15 is 0 Å². The lowest BCUT2D eigenvalue weighted by Gasteiger charge is -2.34. The van der Waals surface area contributed by atoms with E-state index in [1.807, 2.05) is 17.9 Å². The van der Waals surface area contributed by atoms with Gasteiger partial charge in [0, 0.05) is 24.7 Å². The first-order valence-corrected chi connectivity index (χ1v) is 9.17. The van der Waals surface area contributed by atoms with Crippen LogP contribution < -0.4 is 5.32 Å². The molecule has 4 heteroatoms. The number of carbonyl (C=O) groups is 1. The second kappa shape index (κ2) is 8.02. The molecule has 2 atom stereocenters. The third-order valence-corrected chi connectivity index (χ3v) is 5.03. The number of aliphatic hydroxyl groups excluding tert-OH is 1. The molecule has 0 aromatic heterocycles. The smallest absolute Gasteiger partial charge is 0.321 e. The summed E-state index contributed by atoms with van der Waals surface area (Å²) >= 11 is 0. The Bertz CT molecular complexity index is 567. The first-order chi connectivity index (χ1) is 11.3. The second-order valence-electron chi connectivity index (χ2n) is 7.68. The SMILES string of the molecule is CC(C)c1ccc(NC(=O)N2CCC[C@@H]([C@@H](C)O)C2)c(C(C)C)c1. The number of carbonyl (C=O) groups excluding carboxylic acids is 1. The fourth-order valence-corrected chi connectivity index (χ4v) is 3.31. The van der Waals surface area contributed by atoms with Crippen LogP contribution in [0.3, 0.4) is 0 Å². The number of nitrogens with one attached hydrogen (secondary N) is 1. The molecule has 4 nitrogen and oxygen atoms in total. The molecule has 24 heavy (non-hydrogen) atoms. The average molecular weight is 332 g/mol. The van der Waals surface area contributed by atoms with Gasteiger partial charge in [0.25, 0.3) is 0 Å². The molecule has 1 heterocycles. The minimum absolute atomic E-state index is 0.0560. The Morgan fingerprint density at radius 1 is 1.21 bits per heavy atom. The van der Waals surface area contributed by atoms with Crippen LogP contribution in [0.1, 0.15) is 70.4 Å². The van der Waals surface area contributed by atoms with E-state index in [1.165, 1.54) is 11.1 Å². The Morgan fingerprint density at radius 3 is 2.50 bits per heavy atom. The number of urea groups is 1. The Kier molecular flexibility index (Phi) is 6.27. The standard InChI is InChI=1S/C20H32N2O2/c1-13(2)16-8-9-19(18(11-16)14(3)4)21-20(24)22-10-6-7-17(12-22)15(5)23/h8-9,11,13-15,17,23H,6-7,10,12H2,1-5H3,(H,21,24)/t15-,17-/m1/s1. The molecule has 1 fully saturated rings. The normalized spacial score (nSPS) is 19.7. The maximum Gasteiger partial charge on any atom is 0.321 e. The van der Waals surface area contributed by atoms with E-state index in [9.17, 15) is 9.90 Å². The van der Waals surface area contributed by atoms with E-state index in [2.05, 4.69) is 45.1 Å². The maximum absolute atomic E-state index is 12.7. The van der Waals surface area contributed by atoms with Crippen LogP contribution in [0.5, 0.6) is 0 Å². The number of anilines is 1. The van der Waals surface area contributed by atoms with Gasteiger partial charge in [-0.25, -0.2) is 4.79 Å². The highest BCUT2D eigenvalue weighted by atomic mass is 16.3. The molecule has 0 aliphatic carbocycles. The van der Waals surface area contributed by atoms with Crippen molar-refractivity contribution in [1.82, 2.24) is 4.90 Å². The molecule has 2 N–H and O–H groups in total. The first-order valence-electron chi connectivity index (χ1n) is 9.17. The largest absolute Gasteiger partial charge is 0.393 e. The molecule has 1 aliphatic rings. The van der Waals surface area contributed by atoms with Crippen molar-refractivity contribution in [3.8, 4) is 0 Å². The van der Waals surface area contributed by atoms with Gasteiger partial charge in [0.2, 0.25) is 0 Å². The van der Waals surface area contributed by atoms with Crippen molar-refractivity contribution in [2.24, 2.45) is 5.92 Å². The van der Waals surface area contributed by atoms with Gasteiger partial charge in [-0.3, -0.25) is 0 Å². The van der Waals surface area contributed by atoms with E-state index in [-0.39, 0.29) is 18.1 Å². The number of aliphatic hydroxyl groups is 1. The van der Waals surface area contributed by atoms with Crippen LogP contribution in [0.2, 0.25) is 0 Å². The Labute approximate surface area is 146 Å². The quantitative estimate of drug-likeness (QED) is 0.849. The van der Waals surface area contributed by atoms with Crippen molar-refractivity contribution in [3.05, 3.63) is 29.3 Å². The van der Waals surface area contributed by atoms with Gasteiger partial charge in [-0.1, -0.05) is 39.8 Å². The summed E-state index contributed by atoms with van der Waals surface area (Å²) in [5.41, 5.74) is 3.38. The van der Waals surface area contributed by atoms with E-state index in [0.717, 1.165) is 25.1 Å². The van der Waals surface area contributed by atoms with Crippen LogP contribution in [-0.2, 0) is 0 Å². The minimum atomic E-state index is -0.364. The predicted octanol–water partition coefficient (Wildman–Crippen LogP) is 4.56. The molecule has 1 aromatic carbocycles. The van der Waals surface area contributed by atoms with Gasteiger partial charge in [0.1, 0.15) is 0 Å². The van der Waals surface area contributed by atoms with E-state index < -0.39 is 0 Å². The predicted molar refractivity (Wildman–Crippen MR) is 99.6 cm³/mol. The lowest BCUT2D eigenvalue weighted by atomic mass is 9.93. The molecule has 1 saturated heterocycles. The molecule has 2 rings (SSSR count). The zero-order chi connectivity index (χ0) is 17.9. The summed E-state index contributed by atoms with van der Waals surface area (Å²) < 4.78 is 0. The highest BCUT2D eigenvalue weighted by Gasteiger charge is 2.27. The summed E-state index contributed by atoms with van der Waals surface area (Å²) in [6, 6.07) is 6.28. The lowest BCUT2D eigenvalue weighted by molar-refractivity contribution is 0.0766. The van der Waals surface area contributed by atoms with Gasteiger partial charge in [-0.05, 0) is 48.8 Å². The third kappa shape index (κ3) is 4.50. The topological polar surface area (TPSA) is 52.6 Å². The molecule has 0 radical (unpaired) electrons. The number of benzene rings is 1. The monoisotopic (exact) mass is 332 g/mol. The van der Waals surface area contributed by atoms with Gasteiger partial charge < -0.3 is 15.3 Å². The van der Waals surface area contributed by atoms with Gasteiger partial charge in [-0.2, -0.15) is 0 Å². The molecule has 2 amide bonds.